The van der Waals surface area contributed by atoms with E-state index < -0.39 is 16.1 Å². The van der Waals surface area contributed by atoms with Crippen LogP contribution in [0.4, 0.5) is 0 Å². The first-order valence-electron chi connectivity index (χ1n) is 6.84. The summed E-state index contributed by atoms with van der Waals surface area (Å²) in [6, 6.07) is 2.99. The molecular formula is C14H23N3O3S. The van der Waals surface area contributed by atoms with Crippen LogP contribution in [0, 0.1) is 12.8 Å². The molecule has 2 N–H and O–H groups in total. The molecule has 1 heterocycles. The number of nitrogens with one attached hydrogen (secondary N) is 2. The highest BCUT2D eigenvalue weighted by Crippen LogP contribution is 2.07. The third-order valence-corrected chi connectivity index (χ3v) is 3.53. The van der Waals surface area contributed by atoms with Crippen molar-refractivity contribution in [2.75, 3.05) is 6.26 Å². The van der Waals surface area contributed by atoms with Crippen molar-refractivity contribution in [3.63, 3.8) is 0 Å². The van der Waals surface area contributed by atoms with E-state index in [-0.39, 0.29) is 11.8 Å². The lowest BCUT2D eigenvalue weighted by Crippen LogP contribution is -2.46. The van der Waals surface area contributed by atoms with E-state index in [4.69, 9.17) is 0 Å². The van der Waals surface area contributed by atoms with Crippen molar-refractivity contribution >= 4 is 15.9 Å². The Hall–Kier alpha value is -1.47. The number of carbonyl (C=O) groups excluding carboxylic acids is 1. The van der Waals surface area contributed by atoms with Crippen LogP contribution in [0.5, 0.6) is 0 Å². The summed E-state index contributed by atoms with van der Waals surface area (Å²) in [4.78, 5) is 16.3. The molecule has 6 nitrogen and oxygen atoms in total. The largest absolute Gasteiger partial charge is 0.351 e. The molecule has 1 amide bonds. The third-order valence-electron chi connectivity index (χ3n) is 2.82. The van der Waals surface area contributed by atoms with Crippen LogP contribution in [-0.4, -0.2) is 31.6 Å². The minimum atomic E-state index is -3.43. The lowest BCUT2D eigenvalue weighted by molar-refractivity contribution is -0.123. The van der Waals surface area contributed by atoms with Crippen LogP contribution < -0.4 is 10.0 Å². The molecule has 7 heteroatoms. The summed E-state index contributed by atoms with van der Waals surface area (Å²) in [5.74, 6) is -0.120. The van der Waals surface area contributed by atoms with E-state index in [0.717, 1.165) is 17.5 Å². The molecule has 0 bridgehead atoms. The molecule has 0 aliphatic carbocycles. The van der Waals surface area contributed by atoms with Gasteiger partial charge in [0.2, 0.25) is 15.9 Å². The summed E-state index contributed by atoms with van der Waals surface area (Å²) in [5, 5.41) is 2.74. The summed E-state index contributed by atoms with van der Waals surface area (Å²) in [6.45, 7) is 6.09. The predicted molar refractivity (Wildman–Crippen MR) is 82.0 cm³/mol. The Balaban J connectivity index is 2.65. The summed E-state index contributed by atoms with van der Waals surface area (Å²) < 4.78 is 25.1. The van der Waals surface area contributed by atoms with Crippen molar-refractivity contribution in [1.82, 2.24) is 15.0 Å². The topological polar surface area (TPSA) is 88.2 Å². The van der Waals surface area contributed by atoms with Crippen LogP contribution in [-0.2, 0) is 21.4 Å². The van der Waals surface area contributed by atoms with Gasteiger partial charge < -0.3 is 5.32 Å². The van der Waals surface area contributed by atoms with Gasteiger partial charge in [-0.2, -0.15) is 0 Å². The van der Waals surface area contributed by atoms with Gasteiger partial charge in [0.05, 0.1) is 6.26 Å². The number of pyridine rings is 1. The van der Waals surface area contributed by atoms with Crippen molar-refractivity contribution in [2.45, 2.75) is 39.8 Å². The number of aromatic nitrogens is 1. The molecule has 1 atom stereocenters. The van der Waals surface area contributed by atoms with Crippen LogP contribution in [0.2, 0.25) is 0 Å². The van der Waals surface area contributed by atoms with Crippen molar-refractivity contribution < 1.29 is 13.2 Å². The number of sulfonamides is 1. The van der Waals surface area contributed by atoms with Gasteiger partial charge in [0.1, 0.15) is 6.04 Å². The van der Waals surface area contributed by atoms with E-state index in [1.807, 2.05) is 32.9 Å². The SMILES string of the molecule is Cc1ccc(CNC(=O)[C@H](CC(C)C)NS(C)(=O)=O)cn1. The maximum atomic E-state index is 12.1. The number of aryl methyl sites for hydroxylation is 1. The molecule has 0 saturated carbocycles. The Kier molecular flexibility index (Phi) is 6.29. The number of rotatable bonds is 7. The van der Waals surface area contributed by atoms with E-state index >= 15 is 0 Å². The van der Waals surface area contributed by atoms with Crippen LogP contribution in [0.1, 0.15) is 31.5 Å². The second kappa shape index (κ2) is 7.51. The molecule has 0 aromatic carbocycles. The maximum Gasteiger partial charge on any atom is 0.238 e. The zero-order valence-electron chi connectivity index (χ0n) is 12.9. The second-order valence-electron chi connectivity index (χ2n) is 5.60. The van der Waals surface area contributed by atoms with Gasteiger partial charge in [-0.05, 0) is 30.9 Å². The van der Waals surface area contributed by atoms with Crippen molar-refractivity contribution in [3.05, 3.63) is 29.6 Å². The molecule has 0 spiro atoms. The van der Waals surface area contributed by atoms with Gasteiger partial charge in [-0.3, -0.25) is 9.78 Å². The van der Waals surface area contributed by atoms with Gasteiger partial charge in [-0.1, -0.05) is 19.9 Å². The molecule has 0 unspecified atom stereocenters. The van der Waals surface area contributed by atoms with E-state index in [1.54, 1.807) is 6.20 Å². The number of amides is 1. The quantitative estimate of drug-likeness (QED) is 0.785. The molecule has 0 saturated heterocycles. The molecule has 0 aliphatic rings. The van der Waals surface area contributed by atoms with Crippen molar-refractivity contribution in [2.24, 2.45) is 5.92 Å². The first-order chi connectivity index (χ1) is 9.67. The minimum absolute atomic E-state index is 0.205. The van der Waals surface area contributed by atoms with Crippen molar-refractivity contribution in [3.8, 4) is 0 Å². The van der Waals surface area contributed by atoms with Gasteiger partial charge in [0.15, 0.2) is 0 Å². The molecule has 0 fully saturated rings. The summed E-state index contributed by atoms with van der Waals surface area (Å²) in [7, 11) is -3.43. The van der Waals surface area contributed by atoms with E-state index in [1.165, 1.54) is 0 Å². The van der Waals surface area contributed by atoms with Gasteiger partial charge >= 0.3 is 0 Å². The molecule has 21 heavy (non-hydrogen) atoms. The van der Waals surface area contributed by atoms with Crippen LogP contribution in [0.3, 0.4) is 0 Å². The molecular weight excluding hydrogens is 290 g/mol. The molecule has 1 aromatic rings. The van der Waals surface area contributed by atoms with E-state index in [2.05, 4.69) is 15.0 Å². The number of hydrogen-bond acceptors (Lipinski definition) is 4. The normalized spacial score (nSPS) is 13.2. The third kappa shape index (κ3) is 7.19. The van der Waals surface area contributed by atoms with Crippen LogP contribution in [0.15, 0.2) is 18.3 Å². The minimum Gasteiger partial charge on any atom is -0.351 e. The smallest absolute Gasteiger partial charge is 0.238 e. The highest BCUT2D eigenvalue weighted by molar-refractivity contribution is 7.88. The van der Waals surface area contributed by atoms with E-state index in [9.17, 15) is 13.2 Å². The number of nitrogens with zero attached hydrogens (tertiary/aromatic N) is 1. The van der Waals surface area contributed by atoms with Crippen molar-refractivity contribution in [1.29, 1.82) is 0 Å². The Morgan fingerprint density at radius 2 is 2.00 bits per heavy atom. The zero-order valence-corrected chi connectivity index (χ0v) is 13.7. The fourth-order valence-electron chi connectivity index (χ4n) is 1.85. The average molecular weight is 313 g/mol. The fraction of sp³-hybridized carbons (Fsp3) is 0.571. The Morgan fingerprint density at radius 1 is 1.33 bits per heavy atom. The van der Waals surface area contributed by atoms with Crippen LogP contribution in [0.25, 0.3) is 0 Å². The zero-order chi connectivity index (χ0) is 16.0. The molecule has 1 aromatic heterocycles. The number of hydrogen-bond donors (Lipinski definition) is 2. The highest BCUT2D eigenvalue weighted by atomic mass is 32.2. The first-order valence-corrected chi connectivity index (χ1v) is 8.73. The van der Waals surface area contributed by atoms with Gasteiger partial charge in [-0.15, -0.1) is 0 Å². The maximum absolute atomic E-state index is 12.1. The molecule has 0 radical (unpaired) electrons. The summed E-state index contributed by atoms with van der Waals surface area (Å²) >= 11 is 0. The highest BCUT2D eigenvalue weighted by Gasteiger charge is 2.22. The number of carbonyl (C=O) groups is 1. The Labute approximate surface area is 126 Å². The summed E-state index contributed by atoms with van der Waals surface area (Å²) in [6.07, 6.45) is 3.19. The standard InChI is InChI=1S/C14H23N3O3S/c1-10(2)7-13(17-21(4,19)20)14(18)16-9-12-6-5-11(3)15-8-12/h5-6,8,10,13,17H,7,9H2,1-4H3,(H,16,18)/t13-/m0/s1. The van der Waals surface area contributed by atoms with Gasteiger partial charge in [0, 0.05) is 18.4 Å². The monoisotopic (exact) mass is 313 g/mol. The van der Waals surface area contributed by atoms with Gasteiger partial charge in [-0.25, -0.2) is 13.1 Å². The average Bonchev–Trinajstić information content (AvgIpc) is 2.34. The second-order valence-corrected chi connectivity index (χ2v) is 7.38. The Bertz CT molecular complexity index is 568. The molecule has 118 valence electrons. The first kappa shape index (κ1) is 17.6. The lowest BCUT2D eigenvalue weighted by Gasteiger charge is -2.19. The van der Waals surface area contributed by atoms with Gasteiger partial charge in [0.25, 0.3) is 0 Å². The fourth-order valence-corrected chi connectivity index (χ4v) is 2.57. The Morgan fingerprint density at radius 3 is 2.48 bits per heavy atom. The molecule has 1 rings (SSSR count). The molecule has 0 aliphatic heterocycles. The van der Waals surface area contributed by atoms with Crippen LogP contribution >= 0.6 is 0 Å². The lowest BCUT2D eigenvalue weighted by atomic mass is 10.0. The summed E-state index contributed by atoms with van der Waals surface area (Å²) in [5.41, 5.74) is 1.78. The van der Waals surface area contributed by atoms with E-state index in [0.29, 0.717) is 13.0 Å². The predicted octanol–water partition coefficient (Wildman–Crippen LogP) is 0.970.